The van der Waals surface area contributed by atoms with E-state index in [4.69, 9.17) is 4.42 Å². The van der Waals surface area contributed by atoms with E-state index in [1.54, 1.807) is 11.3 Å². The van der Waals surface area contributed by atoms with Crippen LogP contribution < -0.4 is 0 Å². The topological polar surface area (TPSA) is 13.1 Å². The number of rotatable bonds is 3. The fourth-order valence-electron chi connectivity index (χ4n) is 1.30. The van der Waals surface area contributed by atoms with Gasteiger partial charge in [-0.25, -0.2) is 0 Å². The van der Waals surface area contributed by atoms with Crippen LogP contribution in [0.1, 0.15) is 28.1 Å². The average Bonchev–Trinajstić information content (AvgIpc) is 2.88. The summed E-state index contributed by atoms with van der Waals surface area (Å²) in [7, 11) is 0. The molecular formula is C11H11BrOS. The maximum absolute atomic E-state index is 5.68. The number of furan rings is 1. The van der Waals surface area contributed by atoms with E-state index in [9.17, 15) is 0 Å². The van der Waals surface area contributed by atoms with Gasteiger partial charge in [-0.3, -0.25) is 0 Å². The highest BCUT2D eigenvalue weighted by molar-refractivity contribution is 9.09. The van der Waals surface area contributed by atoms with Crippen LogP contribution in [0.2, 0.25) is 0 Å². The van der Waals surface area contributed by atoms with Crippen molar-refractivity contribution in [2.75, 3.05) is 0 Å². The molecule has 74 valence electrons. The van der Waals surface area contributed by atoms with Crippen molar-refractivity contribution in [2.24, 2.45) is 0 Å². The van der Waals surface area contributed by atoms with Crippen LogP contribution in [-0.4, -0.2) is 0 Å². The molecule has 0 aliphatic carbocycles. The molecule has 0 aliphatic rings. The minimum Gasteiger partial charge on any atom is -0.465 e. The Bertz CT molecular complexity index is 391. The predicted molar refractivity (Wildman–Crippen MR) is 63.2 cm³/mol. The molecule has 1 atom stereocenters. The zero-order valence-corrected chi connectivity index (χ0v) is 10.3. The van der Waals surface area contributed by atoms with Crippen LogP contribution in [0.4, 0.5) is 0 Å². The van der Waals surface area contributed by atoms with Crippen molar-refractivity contribution < 1.29 is 4.42 Å². The number of halogens is 1. The fraction of sp³-hybridized carbons (Fsp3) is 0.273. The van der Waals surface area contributed by atoms with Crippen LogP contribution in [0.25, 0.3) is 0 Å². The van der Waals surface area contributed by atoms with Gasteiger partial charge in [0.05, 0.1) is 0 Å². The van der Waals surface area contributed by atoms with E-state index in [1.807, 2.05) is 12.1 Å². The van der Waals surface area contributed by atoms with Gasteiger partial charge in [0.2, 0.25) is 0 Å². The molecular weight excluding hydrogens is 260 g/mol. The number of hydrogen-bond donors (Lipinski definition) is 0. The van der Waals surface area contributed by atoms with Crippen LogP contribution in [0.3, 0.4) is 0 Å². The second-order valence-electron chi connectivity index (χ2n) is 3.04. The summed E-state index contributed by atoms with van der Waals surface area (Å²) in [5.41, 5.74) is 0. The molecule has 14 heavy (non-hydrogen) atoms. The van der Waals surface area contributed by atoms with Gasteiger partial charge in [-0.1, -0.05) is 28.9 Å². The Balaban J connectivity index is 2.23. The summed E-state index contributed by atoms with van der Waals surface area (Å²) in [6, 6.07) is 8.24. The lowest BCUT2D eigenvalue weighted by Gasteiger charge is -2.02. The standard InChI is InChI=1S/C11H11BrOS/c1-2-8-5-6-9(13-8)11(12)10-4-3-7-14-10/h3-7,11H,2H2,1H3. The molecule has 2 heterocycles. The van der Waals surface area contributed by atoms with Crippen molar-refractivity contribution >= 4 is 27.3 Å². The van der Waals surface area contributed by atoms with Crippen molar-refractivity contribution in [1.29, 1.82) is 0 Å². The highest BCUT2D eigenvalue weighted by atomic mass is 79.9. The summed E-state index contributed by atoms with van der Waals surface area (Å²) in [5, 5.41) is 2.08. The monoisotopic (exact) mass is 270 g/mol. The molecule has 2 rings (SSSR count). The van der Waals surface area contributed by atoms with Crippen LogP contribution in [0, 0.1) is 0 Å². The number of thiophene rings is 1. The maximum atomic E-state index is 5.68. The lowest BCUT2D eigenvalue weighted by Crippen LogP contribution is -1.85. The normalized spacial score (nSPS) is 13.0. The molecule has 1 unspecified atom stereocenters. The summed E-state index contributed by atoms with van der Waals surface area (Å²) in [5.74, 6) is 2.03. The van der Waals surface area contributed by atoms with Gasteiger partial charge in [0, 0.05) is 11.3 Å². The molecule has 0 aliphatic heterocycles. The second-order valence-corrected chi connectivity index (χ2v) is 4.93. The molecule has 2 aromatic heterocycles. The molecule has 3 heteroatoms. The largest absolute Gasteiger partial charge is 0.465 e. The van der Waals surface area contributed by atoms with Gasteiger partial charge in [0.1, 0.15) is 16.3 Å². The second kappa shape index (κ2) is 4.32. The highest BCUT2D eigenvalue weighted by Gasteiger charge is 2.14. The van der Waals surface area contributed by atoms with E-state index < -0.39 is 0 Å². The van der Waals surface area contributed by atoms with E-state index in [1.165, 1.54) is 4.88 Å². The zero-order chi connectivity index (χ0) is 9.97. The highest BCUT2D eigenvalue weighted by Crippen LogP contribution is 2.34. The lowest BCUT2D eigenvalue weighted by molar-refractivity contribution is 0.478. The summed E-state index contributed by atoms with van der Waals surface area (Å²) < 4.78 is 5.68. The van der Waals surface area contributed by atoms with E-state index in [2.05, 4.69) is 40.4 Å². The fourth-order valence-corrected chi connectivity index (χ4v) is 2.73. The molecule has 0 N–H and O–H groups in total. The van der Waals surface area contributed by atoms with E-state index >= 15 is 0 Å². The Morgan fingerprint density at radius 3 is 2.86 bits per heavy atom. The van der Waals surface area contributed by atoms with Gasteiger partial charge in [-0.15, -0.1) is 11.3 Å². The molecule has 2 aromatic rings. The molecule has 0 aromatic carbocycles. The van der Waals surface area contributed by atoms with Crippen molar-refractivity contribution in [3.8, 4) is 0 Å². The number of aryl methyl sites for hydroxylation is 1. The Morgan fingerprint density at radius 1 is 1.43 bits per heavy atom. The van der Waals surface area contributed by atoms with Crippen molar-refractivity contribution in [3.63, 3.8) is 0 Å². The van der Waals surface area contributed by atoms with Gasteiger partial charge >= 0.3 is 0 Å². The molecule has 0 spiro atoms. The van der Waals surface area contributed by atoms with Crippen LogP contribution >= 0.6 is 27.3 Å². The maximum Gasteiger partial charge on any atom is 0.123 e. The Morgan fingerprint density at radius 2 is 2.29 bits per heavy atom. The average molecular weight is 271 g/mol. The van der Waals surface area contributed by atoms with Gasteiger partial charge in [-0.2, -0.15) is 0 Å². The molecule has 0 bridgehead atoms. The Kier molecular flexibility index (Phi) is 3.08. The third-order valence-electron chi connectivity index (χ3n) is 2.07. The minimum absolute atomic E-state index is 0.197. The summed E-state index contributed by atoms with van der Waals surface area (Å²) in [6.45, 7) is 2.09. The van der Waals surface area contributed by atoms with Gasteiger partial charge < -0.3 is 4.42 Å². The molecule has 0 saturated carbocycles. The van der Waals surface area contributed by atoms with Crippen LogP contribution in [-0.2, 0) is 6.42 Å². The first-order valence-corrected chi connectivity index (χ1v) is 6.37. The molecule has 0 saturated heterocycles. The zero-order valence-electron chi connectivity index (χ0n) is 7.87. The first-order chi connectivity index (χ1) is 6.81. The van der Waals surface area contributed by atoms with Crippen LogP contribution in [0.5, 0.6) is 0 Å². The number of alkyl halides is 1. The summed E-state index contributed by atoms with van der Waals surface area (Å²) >= 11 is 5.37. The Hall–Kier alpha value is -0.540. The molecule has 0 amide bonds. The number of hydrogen-bond acceptors (Lipinski definition) is 2. The smallest absolute Gasteiger partial charge is 0.123 e. The summed E-state index contributed by atoms with van der Waals surface area (Å²) in [6.07, 6.45) is 0.949. The predicted octanol–water partition coefficient (Wildman–Crippen LogP) is 4.39. The van der Waals surface area contributed by atoms with Crippen molar-refractivity contribution in [2.45, 2.75) is 18.2 Å². The first-order valence-electron chi connectivity index (χ1n) is 4.57. The quantitative estimate of drug-likeness (QED) is 0.755. The first kappa shape index (κ1) is 9.99. The SMILES string of the molecule is CCc1ccc(C(Br)c2cccs2)o1. The van der Waals surface area contributed by atoms with E-state index in [0.717, 1.165) is 17.9 Å². The van der Waals surface area contributed by atoms with E-state index in [-0.39, 0.29) is 4.83 Å². The van der Waals surface area contributed by atoms with Gasteiger partial charge in [0.25, 0.3) is 0 Å². The third kappa shape index (κ3) is 1.93. The van der Waals surface area contributed by atoms with Crippen molar-refractivity contribution in [3.05, 3.63) is 46.0 Å². The minimum atomic E-state index is 0.197. The van der Waals surface area contributed by atoms with Crippen LogP contribution in [0.15, 0.2) is 34.1 Å². The van der Waals surface area contributed by atoms with E-state index in [0.29, 0.717) is 0 Å². The van der Waals surface area contributed by atoms with Gasteiger partial charge in [-0.05, 0) is 23.6 Å². The molecule has 0 fully saturated rings. The lowest BCUT2D eigenvalue weighted by atomic mass is 10.3. The molecule has 1 nitrogen and oxygen atoms in total. The third-order valence-corrected chi connectivity index (χ3v) is 4.26. The molecule has 0 radical (unpaired) electrons. The van der Waals surface area contributed by atoms with Crippen molar-refractivity contribution in [1.82, 2.24) is 0 Å². The van der Waals surface area contributed by atoms with Gasteiger partial charge in [0.15, 0.2) is 0 Å². The summed E-state index contributed by atoms with van der Waals surface area (Å²) in [4.78, 5) is 1.48. The Labute approximate surface area is 95.9 Å².